The van der Waals surface area contributed by atoms with Crippen LogP contribution in [0.1, 0.15) is 11.3 Å². The maximum Gasteiger partial charge on any atom is 0.326 e. The van der Waals surface area contributed by atoms with Gasteiger partial charge in [-0.2, -0.15) is 5.10 Å². The van der Waals surface area contributed by atoms with Crippen molar-refractivity contribution < 1.29 is 14.7 Å². The number of H-pyrrole nitrogens is 2. The summed E-state index contributed by atoms with van der Waals surface area (Å²) in [5.41, 5.74) is 1.47. The number of carbonyl (C=O) groups excluding carboxylic acids is 1. The summed E-state index contributed by atoms with van der Waals surface area (Å²) >= 11 is 0. The van der Waals surface area contributed by atoms with Crippen LogP contribution in [-0.4, -0.2) is 55.3 Å². The standard InChI is InChI=1S/C12H16N6O3/c1-18(6-8-3-15-16-4-8)12(21)17-10(11(19)20)2-9-5-13-7-14-9/h3-5,7,10H,2,6H2,1H3,(H,13,14)(H,15,16)(H,17,21)(H,19,20). The molecule has 2 aromatic heterocycles. The van der Waals surface area contributed by atoms with E-state index in [1.165, 1.54) is 17.4 Å². The maximum atomic E-state index is 12.0. The van der Waals surface area contributed by atoms with Gasteiger partial charge in [0.1, 0.15) is 6.04 Å². The van der Waals surface area contributed by atoms with Gasteiger partial charge in [-0.3, -0.25) is 5.10 Å². The number of aromatic amines is 2. The molecule has 4 N–H and O–H groups in total. The summed E-state index contributed by atoms with van der Waals surface area (Å²) in [6.07, 6.45) is 6.39. The molecule has 2 rings (SSSR count). The van der Waals surface area contributed by atoms with Gasteiger partial charge in [0.2, 0.25) is 0 Å². The van der Waals surface area contributed by atoms with Gasteiger partial charge in [-0.05, 0) is 0 Å². The van der Waals surface area contributed by atoms with E-state index in [2.05, 4.69) is 25.5 Å². The van der Waals surface area contributed by atoms with Crippen molar-refractivity contribution in [3.05, 3.63) is 36.2 Å². The zero-order chi connectivity index (χ0) is 15.2. The third kappa shape index (κ3) is 4.06. The Morgan fingerprint density at radius 3 is 2.86 bits per heavy atom. The number of nitrogens with one attached hydrogen (secondary N) is 3. The van der Waals surface area contributed by atoms with Gasteiger partial charge in [0.25, 0.3) is 0 Å². The second-order valence-corrected chi connectivity index (χ2v) is 4.58. The van der Waals surface area contributed by atoms with Gasteiger partial charge >= 0.3 is 12.0 Å². The first-order valence-corrected chi connectivity index (χ1v) is 6.25. The van der Waals surface area contributed by atoms with Gasteiger partial charge in [0.05, 0.1) is 19.1 Å². The molecule has 0 aromatic carbocycles. The van der Waals surface area contributed by atoms with Crippen molar-refractivity contribution in [2.45, 2.75) is 19.0 Å². The highest BCUT2D eigenvalue weighted by Gasteiger charge is 2.22. The smallest absolute Gasteiger partial charge is 0.326 e. The normalized spacial score (nSPS) is 11.9. The lowest BCUT2D eigenvalue weighted by Gasteiger charge is -2.20. The first-order valence-electron chi connectivity index (χ1n) is 6.25. The van der Waals surface area contributed by atoms with Crippen molar-refractivity contribution in [2.24, 2.45) is 0 Å². The number of carboxylic acids is 1. The van der Waals surface area contributed by atoms with E-state index in [0.717, 1.165) is 5.56 Å². The number of nitrogens with zero attached hydrogens (tertiary/aromatic N) is 3. The first kappa shape index (κ1) is 14.6. The molecule has 1 unspecified atom stereocenters. The molecule has 0 aliphatic heterocycles. The minimum Gasteiger partial charge on any atom is -0.480 e. The van der Waals surface area contributed by atoms with Crippen LogP contribution in [0.2, 0.25) is 0 Å². The number of hydrogen-bond acceptors (Lipinski definition) is 4. The van der Waals surface area contributed by atoms with Crippen molar-refractivity contribution in [1.29, 1.82) is 0 Å². The average Bonchev–Trinajstić information content (AvgIpc) is 3.10. The van der Waals surface area contributed by atoms with Crippen LogP contribution in [0.5, 0.6) is 0 Å². The maximum absolute atomic E-state index is 12.0. The molecule has 21 heavy (non-hydrogen) atoms. The minimum absolute atomic E-state index is 0.140. The number of carbonyl (C=O) groups is 2. The monoisotopic (exact) mass is 292 g/mol. The fourth-order valence-corrected chi connectivity index (χ4v) is 1.79. The molecule has 0 aliphatic carbocycles. The Balaban J connectivity index is 1.92. The van der Waals surface area contributed by atoms with E-state index in [0.29, 0.717) is 12.2 Å². The first-order chi connectivity index (χ1) is 10.1. The van der Waals surface area contributed by atoms with E-state index in [1.54, 1.807) is 19.4 Å². The summed E-state index contributed by atoms with van der Waals surface area (Å²) in [6.45, 7) is 0.332. The molecule has 2 aromatic rings. The van der Waals surface area contributed by atoms with Gasteiger partial charge in [-0.15, -0.1) is 0 Å². The molecule has 0 radical (unpaired) electrons. The van der Waals surface area contributed by atoms with Crippen LogP contribution in [0.25, 0.3) is 0 Å². The minimum atomic E-state index is -1.10. The fourth-order valence-electron chi connectivity index (χ4n) is 1.79. The number of rotatable bonds is 6. The summed E-state index contributed by atoms with van der Waals surface area (Å²) in [6, 6.07) is -1.49. The predicted molar refractivity (Wildman–Crippen MR) is 72.3 cm³/mol. The molecule has 0 saturated carbocycles. The lowest BCUT2D eigenvalue weighted by Crippen LogP contribution is -2.47. The molecule has 112 valence electrons. The number of imidazole rings is 1. The highest BCUT2D eigenvalue weighted by Crippen LogP contribution is 2.03. The second kappa shape index (κ2) is 6.55. The Labute approximate surface area is 120 Å². The Kier molecular flexibility index (Phi) is 4.54. The van der Waals surface area contributed by atoms with Crippen LogP contribution in [0.3, 0.4) is 0 Å². The SMILES string of the molecule is CN(Cc1cn[nH]c1)C(=O)NC(Cc1cnc[nH]1)C(=O)O. The van der Waals surface area contributed by atoms with Crippen LogP contribution >= 0.6 is 0 Å². The van der Waals surface area contributed by atoms with Crippen LogP contribution in [0, 0.1) is 0 Å². The highest BCUT2D eigenvalue weighted by atomic mass is 16.4. The van der Waals surface area contributed by atoms with Crippen molar-refractivity contribution in [1.82, 2.24) is 30.4 Å². The fraction of sp³-hybridized carbons (Fsp3) is 0.333. The third-order valence-electron chi connectivity index (χ3n) is 2.90. The largest absolute Gasteiger partial charge is 0.480 e. The molecule has 9 heteroatoms. The molecule has 0 spiro atoms. The molecular weight excluding hydrogens is 276 g/mol. The molecule has 9 nitrogen and oxygen atoms in total. The van der Waals surface area contributed by atoms with Crippen LogP contribution in [0.4, 0.5) is 4.79 Å². The van der Waals surface area contributed by atoms with E-state index in [-0.39, 0.29) is 6.42 Å². The van der Waals surface area contributed by atoms with Gasteiger partial charge in [-0.25, -0.2) is 14.6 Å². The third-order valence-corrected chi connectivity index (χ3v) is 2.90. The quantitative estimate of drug-likeness (QED) is 0.594. The topological polar surface area (TPSA) is 127 Å². The molecule has 0 saturated heterocycles. The Morgan fingerprint density at radius 1 is 1.48 bits per heavy atom. The zero-order valence-electron chi connectivity index (χ0n) is 11.4. The number of aliphatic carboxylic acids is 1. The molecule has 1 atom stereocenters. The molecule has 0 aliphatic rings. The Morgan fingerprint density at radius 2 is 2.29 bits per heavy atom. The van der Waals surface area contributed by atoms with Crippen LogP contribution in [-0.2, 0) is 17.8 Å². The van der Waals surface area contributed by atoms with Gasteiger partial charge < -0.3 is 20.3 Å². The molecule has 2 heterocycles. The average molecular weight is 292 g/mol. The number of aromatic nitrogens is 4. The summed E-state index contributed by atoms with van der Waals surface area (Å²) in [5.74, 6) is -1.10. The van der Waals surface area contributed by atoms with E-state index in [9.17, 15) is 14.7 Å². The molecule has 0 fully saturated rings. The van der Waals surface area contributed by atoms with Gasteiger partial charge in [0, 0.05) is 37.1 Å². The van der Waals surface area contributed by atoms with Crippen LogP contribution < -0.4 is 5.32 Å². The van der Waals surface area contributed by atoms with Crippen molar-refractivity contribution in [2.75, 3.05) is 7.05 Å². The Hall–Kier alpha value is -2.84. The summed E-state index contributed by atoms with van der Waals surface area (Å²) in [5, 5.41) is 18.1. The van der Waals surface area contributed by atoms with E-state index in [1.807, 2.05) is 0 Å². The number of hydrogen-bond donors (Lipinski definition) is 4. The number of amides is 2. The van der Waals surface area contributed by atoms with E-state index < -0.39 is 18.0 Å². The number of urea groups is 1. The Bertz CT molecular complexity index is 580. The second-order valence-electron chi connectivity index (χ2n) is 4.58. The molecule has 2 amide bonds. The van der Waals surface area contributed by atoms with Gasteiger partial charge in [-0.1, -0.05) is 0 Å². The summed E-state index contributed by atoms with van der Waals surface area (Å²) in [4.78, 5) is 31.2. The van der Waals surface area contributed by atoms with Crippen LogP contribution in [0.15, 0.2) is 24.9 Å². The van der Waals surface area contributed by atoms with E-state index in [4.69, 9.17) is 0 Å². The number of carboxylic acid groups (broad SMARTS) is 1. The highest BCUT2D eigenvalue weighted by molar-refractivity contribution is 5.82. The van der Waals surface area contributed by atoms with Gasteiger partial charge in [0.15, 0.2) is 0 Å². The summed E-state index contributed by atoms with van der Waals surface area (Å²) < 4.78 is 0. The zero-order valence-corrected chi connectivity index (χ0v) is 11.4. The summed E-state index contributed by atoms with van der Waals surface area (Å²) in [7, 11) is 1.58. The van der Waals surface area contributed by atoms with Crippen molar-refractivity contribution >= 4 is 12.0 Å². The molecule has 0 bridgehead atoms. The van der Waals surface area contributed by atoms with Crippen molar-refractivity contribution in [3.63, 3.8) is 0 Å². The molecular formula is C12H16N6O3. The predicted octanol–water partition coefficient (Wildman–Crippen LogP) is -0.0299. The van der Waals surface area contributed by atoms with E-state index >= 15 is 0 Å². The van der Waals surface area contributed by atoms with Crippen molar-refractivity contribution in [3.8, 4) is 0 Å². The lowest BCUT2D eigenvalue weighted by atomic mass is 10.1. The lowest BCUT2D eigenvalue weighted by molar-refractivity contribution is -0.139.